The highest BCUT2D eigenvalue weighted by Crippen LogP contribution is 2.16. The van der Waals surface area contributed by atoms with Gasteiger partial charge in [0.15, 0.2) is 0 Å². The number of esters is 2. The topological polar surface area (TPSA) is 78.6 Å². The van der Waals surface area contributed by atoms with Crippen LogP contribution in [0.25, 0.3) is 0 Å². The van der Waals surface area contributed by atoms with E-state index in [0.29, 0.717) is 6.42 Å². The predicted molar refractivity (Wildman–Crippen MR) is 52.9 cm³/mol. The molecule has 1 heterocycles. The monoisotopic (exact) mass is 215 g/mol. The molecular formula is C10H17NO4. The summed E-state index contributed by atoms with van der Waals surface area (Å²) in [5, 5.41) is 0. The zero-order valence-electron chi connectivity index (χ0n) is 9.23. The zero-order chi connectivity index (χ0) is 11.6. The van der Waals surface area contributed by atoms with Gasteiger partial charge in [-0.3, -0.25) is 9.59 Å². The van der Waals surface area contributed by atoms with Gasteiger partial charge in [0.25, 0.3) is 0 Å². The van der Waals surface area contributed by atoms with Crippen LogP contribution in [-0.4, -0.2) is 30.2 Å². The highest BCUT2D eigenvalue weighted by Gasteiger charge is 2.31. The standard InChI is InChI=1S/C10H17NO4/c1-5-4-6(2)14-10(13)8(11)7(3)15-9(5)12/h5-8H,4,11H2,1-3H3/t5-,6+,7-,8+/m1/s1. The second-order valence-electron chi connectivity index (χ2n) is 4.05. The Morgan fingerprint density at radius 1 is 1.13 bits per heavy atom. The van der Waals surface area contributed by atoms with Crippen LogP contribution in [-0.2, 0) is 19.1 Å². The lowest BCUT2D eigenvalue weighted by molar-refractivity contribution is -0.156. The maximum atomic E-state index is 11.5. The van der Waals surface area contributed by atoms with Crippen molar-refractivity contribution in [2.75, 3.05) is 0 Å². The fourth-order valence-corrected chi connectivity index (χ4v) is 1.48. The summed E-state index contributed by atoms with van der Waals surface area (Å²) >= 11 is 0. The highest BCUT2D eigenvalue weighted by molar-refractivity contribution is 5.78. The molecule has 86 valence electrons. The van der Waals surface area contributed by atoms with Crippen molar-refractivity contribution in [2.24, 2.45) is 11.7 Å². The molecular weight excluding hydrogens is 198 g/mol. The molecule has 0 aromatic rings. The summed E-state index contributed by atoms with van der Waals surface area (Å²) in [6, 6.07) is -0.901. The van der Waals surface area contributed by atoms with Gasteiger partial charge in [-0.2, -0.15) is 0 Å². The Kier molecular flexibility index (Phi) is 3.68. The Labute approximate surface area is 88.9 Å². The first-order valence-electron chi connectivity index (χ1n) is 5.08. The summed E-state index contributed by atoms with van der Waals surface area (Å²) in [4.78, 5) is 22.9. The SMILES string of the molecule is C[C@@H]1C[C@H](C)OC(=O)[C@@H](N)[C@@H](C)OC1=O. The zero-order valence-corrected chi connectivity index (χ0v) is 9.23. The summed E-state index contributed by atoms with van der Waals surface area (Å²) in [5.41, 5.74) is 5.58. The van der Waals surface area contributed by atoms with Crippen molar-refractivity contribution in [3.63, 3.8) is 0 Å². The van der Waals surface area contributed by atoms with Gasteiger partial charge >= 0.3 is 11.9 Å². The van der Waals surface area contributed by atoms with Crippen molar-refractivity contribution >= 4 is 11.9 Å². The van der Waals surface area contributed by atoms with Crippen LogP contribution in [0.5, 0.6) is 0 Å². The second-order valence-corrected chi connectivity index (χ2v) is 4.05. The van der Waals surface area contributed by atoms with Gasteiger partial charge in [-0.15, -0.1) is 0 Å². The first-order chi connectivity index (χ1) is 6.91. The Bertz CT molecular complexity index is 266. The summed E-state index contributed by atoms with van der Waals surface area (Å²) < 4.78 is 10.1. The third kappa shape index (κ3) is 2.92. The van der Waals surface area contributed by atoms with E-state index >= 15 is 0 Å². The van der Waals surface area contributed by atoms with E-state index in [1.54, 1.807) is 20.8 Å². The molecule has 0 spiro atoms. The van der Waals surface area contributed by atoms with Crippen LogP contribution in [0.2, 0.25) is 0 Å². The number of rotatable bonds is 0. The Hall–Kier alpha value is -1.10. The molecule has 0 radical (unpaired) electrons. The van der Waals surface area contributed by atoms with E-state index in [2.05, 4.69) is 0 Å². The summed E-state index contributed by atoms with van der Waals surface area (Å²) in [6.45, 7) is 5.08. The van der Waals surface area contributed by atoms with E-state index in [9.17, 15) is 9.59 Å². The normalized spacial score (nSPS) is 38.4. The van der Waals surface area contributed by atoms with Crippen LogP contribution < -0.4 is 5.73 Å². The molecule has 1 saturated heterocycles. The van der Waals surface area contributed by atoms with Crippen LogP contribution in [0, 0.1) is 5.92 Å². The molecule has 0 unspecified atom stereocenters. The van der Waals surface area contributed by atoms with Crippen LogP contribution in [0.4, 0.5) is 0 Å². The molecule has 4 atom stereocenters. The molecule has 2 N–H and O–H groups in total. The lowest BCUT2D eigenvalue weighted by Crippen LogP contribution is -2.43. The van der Waals surface area contributed by atoms with E-state index in [-0.39, 0.29) is 18.0 Å². The molecule has 0 amide bonds. The molecule has 5 heteroatoms. The third-order valence-electron chi connectivity index (χ3n) is 2.49. The van der Waals surface area contributed by atoms with Crippen LogP contribution in [0.15, 0.2) is 0 Å². The van der Waals surface area contributed by atoms with E-state index in [4.69, 9.17) is 15.2 Å². The first kappa shape index (κ1) is 12.0. The molecule has 1 aliphatic rings. The molecule has 0 aliphatic carbocycles. The van der Waals surface area contributed by atoms with Gasteiger partial charge in [-0.1, -0.05) is 6.92 Å². The van der Waals surface area contributed by atoms with E-state index < -0.39 is 18.1 Å². The fourth-order valence-electron chi connectivity index (χ4n) is 1.48. The molecule has 0 bridgehead atoms. The molecule has 1 aliphatic heterocycles. The number of carbonyl (C=O) groups is 2. The number of hydrogen-bond acceptors (Lipinski definition) is 5. The van der Waals surface area contributed by atoms with Gasteiger partial charge in [-0.05, 0) is 20.3 Å². The maximum Gasteiger partial charge on any atom is 0.327 e. The van der Waals surface area contributed by atoms with Crippen molar-refractivity contribution in [2.45, 2.75) is 45.4 Å². The third-order valence-corrected chi connectivity index (χ3v) is 2.49. The minimum Gasteiger partial charge on any atom is -0.461 e. The van der Waals surface area contributed by atoms with E-state index in [1.165, 1.54) is 0 Å². The van der Waals surface area contributed by atoms with E-state index in [1.807, 2.05) is 0 Å². The van der Waals surface area contributed by atoms with Gasteiger partial charge < -0.3 is 15.2 Å². The molecule has 0 aromatic carbocycles. The smallest absolute Gasteiger partial charge is 0.327 e. The lowest BCUT2D eigenvalue weighted by atomic mass is 10.1. The molecule has 1 fully saturated rings. The molecule has 1 rings (SSSR count). The van der Waals surface area contributed by atoms with Gasteiger partial charge in [0.05, 0.1) is 12.0 Å². The summed E-state index contributed by atoms with van der Waals surface area (Å²) in [5.74, 6) is -1.12. The molecule has 5 nitrogen and oxygen atoms in total. The quantitative estimate of drug-likeness (QED) is 0.585. The molecule has 0 aromatic heterocycles. The van der Waals surface area contributed by atoms with Crippen LogP contribution >= 0.6 is 0 Å². The Morgan fingerprint density at radius 3 is 2.33 bits per heavy atom. The molecule has 15 heavy (non-hydrogen) atoms. The number of ether oxygens (including phenoxy) is 2. The van der Waals surface area contributed by atoms with Gasteiger partial charge in [0, 0.05) is 0 Å². The average Bonchev–Trinajstić information content (AvgIpc) is 2.16. The number of hydrogen-bond donors (Lipinski definition) is 1. The fraction of sp³-hybridized carbons (Fsp3) is 0.800. The minimum atomic E-state index is -0.901. The van der Waals surface area contributed by atoms with Crippen molar-refractivity contribution in [1.29, 1.82) is 0 Å². The first-order valence-corrected chi connectivity index (χ1v) is 5.08. The van der Waals surface area contributed by atoms with Crippen molar-refractivity contribution < 1.29 is 19.1 Å². The van der Waals surface area contributed by atoms with Gasteiger partial charge in [-0.25, -0.2) is 0 Å². The van der Waals surface area contributed by atoms with Crippen LogP contribution in [0.1, 0.15) is 27.2 Å². The molecule has 0 saturated carbocycles. The van der Waals surface area contributed by atoms with Crippen molar-refractivity contribution in [3.8, 4) is 0 Å². The summed E-state index contributed by atoms with van der Waals surface area (Å²) in [7, 11) is 0. The minimum absolute atomic E-state index is 0.277. The Balaban J connectivity index is 2.81. The van der Waals surface area contributed by atoms with Crippen molar-refractivity contribution in [1.82, 2.24) is 0 Å². The summed E-state index contributed by atoms with van der Waals surface area (Å²) in [6.07, 6.45) is -0.488. The largest absolute Gasteiger partial charge is 0.461 e. The van der Waals surface area contributed by atoms with Crippen LogP contribution in [0.3, 0.4) is 0 Å². The second kappa shape index (κ2) is 4.61. The predicted octanol–water partition coefficient (Wildman–Crippen LogP) is 0.217. The number of nitrogens with two attached hydrogens (primary N) is 1. The lowest BCUT2D eigenvalue weighted by Gasteiger charge is -2.18. The van der Waals surface area contributed by atoms with Gasteiger partial charge in [0.2, 0.25) is 0 Å². The van der Waals surface area contributed by atoms with E-state index in [0.717, 1.165) is 0 Å². The van der Waals surface area contributed by atoms with Gasteiger partial charge in [0.1, 0.15) is 12.1 Å². The number of carbonyl (C=O) groups excluding carboxylic acids is 2. The Morgan fingerprint density at radius 2 is 1.73 bits per heavy atom. The average molecular weight is 215 g/mol. The number of cyclic esters (lactones) is 2. The maximum absolute atomic E-state index is 11.5. The highest BCUT2D eigenvalue weighted by atomic mass is 16.6. The van der Waals surface area contributed by atoms with Crippen molar-refractivity contribution in [3.05, 3.63) is 0 Å².